The molecule has 0 spiro atoms. The van der Waals surface area contributed by atoms with Crippen molar-refractivity contribution < 1.29 is 18.3 Å². The summed E-state index contributed by atoms with van der Waals surface area (Å²) < 4.78 is 26.7. The van der Waals surface area contributed by atoms with Crippen molar-refractivity contribution in [1.29, 1.82) is 0 Å². The first-order chi connectivity index (χ1) is 8.87. The van der Waals surface area contributed by atoms with E-state index in [1.165, 1.54) is 6.20 Å². The molecule has 1 saturated carbocycles. The van der Waals surface area contributed by atoms with Gasteiger partial charge in [-0.05, 0) is 37.3 Å². The number of carboxylic acid groups (broad SMARTS) is 1. The van der Waals surface area contributed by atoms with E-state index < -0.39 is 16.0 Å². The van der Waals surface area contributed by atoms with Gasteiger partial charge in [0.25, 0.3) is 0 Å². The molecule has 0 atom stereocenters. The number of pyridine rings is 1. The Kier molecular flexibility index (Phi) is 3.86. The van der Waals surface area contributed by atoms with Crippen LogP contribution in [0.2, 0.25) is 0 Å². The highest BCUT2D eigenvalue weighted by Gasteiger charge is 2.33. The molecule has 1 aliphatic carbocycles. The molecule has 1 aromatic heterocycles. The van der Waals surface area contributed by atoms with Crippen molar-refractivity contribution in [2.24, 2.45) is 5.92 Å². The number of hydrogen-bond donors (Lipinski definition) is 2. The van der Waals surface area contributed by atoms with E-state index in [4.69, 9.17) is 5.11 Å². The Labute approximate surface area is 111 Å². The number of sulfonamides is 1. The van der Waals surface area contributed by atoms with E-state index in [0.29, 0.717) is 12.8 Å². The summed E-state index contributed by atoms with van der Waals surface area (Å²) in [6, 6.07) is 1.39. The summed E-state index contributed by atoms with van der Waals surface area (Å²) in [4.78, 5) is 14.5. The number of aryl methyl sites for hydroxylation is 1. The van der Waals surface area contributed by atoms with Gasteiger partial charge in [-0.25, -0.2) is 13.1 Å². The van der Waals surface area contributed by atoms with Crippen molar-refractivity contribution >= 4 is 16.0 Å². The standard InChI is InChI=1S/C12H16N2O4S/c1-8-2-11(7-13-6-8)19(17,18)14-10-3-9(4-10)5-12(15)16/h2,6-7,9-10,14H,3-5H2,1H3,(H,15,16). The van der Waals surface area contributed by atoms with Gasteiger partial charge in [-0.15, -0.1) is 0 Å². The van der Waals surface area contributed by atoms with Crippen molar-refractivity contribution in [3.8, 4) is 0 Å². The molecule has 0 radical (unpaired) electrons. The van der Waals surface area contributed by atoms with Crippen LogP contribution in [-0.2, 0) is 14.8 Å². The molecule has 1 aromatic rings. The first-order valence-electron chi connectivity index (χ1n) is 6.02. The highest BCUT2D eigenvalue weighted by atomic mass is 32.2. The molecule has 1 aliphatic rings. The Morgan fingerprint density at radius 2 is 2.16 bits per heavy atom. The van der Waals surface area contributed by atoms with E-state index in [1.807, 2.05) is 0 Å². The lowest BCUT2D eigenvalue weighted by Gasteiger charge is -2.34. The predicted octanol–water partition coefficient (Wildman–Crippen LogP) is 0.922. The van der Waals surface area contributed by atoms with Gasteiger partial charge in [0, 0.05) is 24.9 Å². The maximum absolute atomic E-state index is 12.0. The molecule has 0 saturated heterocycles. The maximum Gasteiger partial charge on any atom is 0.303 e. The molecule has 0 aromatic carbocycles. The van der Waals surface area contributed by atoms with E-state index in [-0.39, 0.29) is 23.3 Å². The van der Waals surface area contributed by atoms with Gasteiger partial charge < -0.3 is 5.11 Å². The molecule has 6 nitrogen and oxygen atoms in total. The number of carboxylic acids is 1. The van der Waals surface area contributed by atoms with Gasteiger partial charge in [-0.1, -0.05) is 0 Å². The average Bonchev–Trinajstić information content (AvgIpc) is 2.25. The van der Waals surface area contributed by atoms with Gasteiger partial charge in [0.1, 0.15) is 4.90 Å². The SMILES string of the molecule is Cc1cncc(S(=O)(=O)NC2CC(CC(=O)O)C2)c1. The zero-order valence-corrected chi connectivity index (χ0v) is 11.4. The van der Waals surface area contributed by atoms with Gasteiger partial charge >= 0.3 is 5.97 Å². The van der Waals surface area contributed by atoms with Gasteiger partial charge in [-0.2, -0.15) is 0 Å². The molecule has 0 bridgehead atoms. The van der Waals surface area contributed by atoms with E-state index in [9.17, 15) is 13.2 Å². The van der Waals surface area contributed by atoms with Crippen LogP contribution in [0, 0.1) is 12.8 Å². The Balaban J connectivity index is 1.95. The van der Waals surface area contributed by atoms with Crippen molar-refractivity contribution in [1.82, 2.24) is 9.71 Å². The minimum Gasteiger partial charge on any atom is -0.481 e. The fraction of sp³-hybridized carbons (Fsp3) is 0.500. The Bertz CT molecular complexity index is 579. The highest BCUT2D eigenvalue weighted by molar-refractivity contribution is 7.89. The summed E-state index contributed by atoms with van der Waals surface area (Å²) in [5.74, 6) is -0.768. The van der Waals surface area contributed by atoms with E-state index in [2.05, 4.69) is 9.71 Å². The Morgan fingerprint density at radius 3 is 2.74 bits per heavy atom. The van der Waals surface area contributed by atoms with Gasteiger partial charge in [0.05, 0.1) is 0 Å². The summed E-state index contributed by atoms with van der Waals surface area (Å²) in [7, 11) is -3.55. The van der Waals surface area contributed by atoms with E-state index >= 15 is 0 Å². The summed E-state index contributed by atoms with van der Waals surface area (Å²) >= 11 is 0. The molecule has 2 rings (SSSR count). The molecule has 0 amide bonds. The van der Waals surface area contributed by atoms with Crippen LogP contribution in [-0.4, -0.2) is 30.5 Å². The summed E-state index contributed by atoms with van der Waals surface area (Å²) in [5, 5.41) is 8.63. The van der Waals surface area contributed by atoms with Crippen LogP contribution in [0.4, 0.5) is 0 Å². The van der Waals surface area contributed by atoms with Crippen molar-refractivity contribution in [3.05, 3.63) is 24.0 Å². The highest BCUT2D eigenvalue weighted by Crippen LogP contribution is 2.31. The fourth-order valence-corrected chi connectivity index (χ4v) is 3.52. The molecule has 7 heteroatoms. The second-order valence-corrected chi connectivity index (χ2v) is 6.67. The fourth-order valence-electron chi connectivity index (χ4n) is 2.21. The van der Waals surface area contributed by atoms with Crippen LogP contribution in [0.5, 0.6) is 0 Å². The third kappa shape index (κ3) is 3.51. The van der Waals surface area contributed by atoms with Crippen LogP contribution in [0.25, 0.3) is 0 Å². The zero-order valence-electron chi connectivity index (χ0n) is 10.5. The number of aromatic nitrogens is 1. The summed E-state index contributed by atoms with van der Waals surface area (Å²) in [5.41, 5.74) is 0.778. The van der Waals surface area contributed by atoms with E-state index in [0.717, 1.165) is 5.56 Å². The Hall–Kier alpha value is -1.47. The number of nitrogens with one attached hydrogen (secondary N) is 1. The van der Waals surface area contributed by atoms with Crippen molar-refractivity contribution in [2.45, 2.75) is 37.1 Å². The number of carbonyl (C=O) groups is 1. The minimum absolute atomic E-state index is 0.0702. The van der Waals surface area contributed by atoms with Crippen LogP contribution in [0.3, 0.4) is 0 Å². The molecule has 104 valence electrons. The zero-order chi connectivity index (χ0) is 14.0. The van der Waals surface area contributed by atoms with Gasteiger partial charge in [0.15, 0.2) is 0 Å². The predicted molar refractivity (Wildman–Crippen MR) is 68.1 cm³/mol. The molecule has 2 N–H and O–H groups in total. The number of rotatable bonds is 5. The first kappa shape index (κ1) is 14.0. The molecule has 1 fully saturated rings. The van der Waals surface area contributed by atoms with Crippen LogP contribution < -0.4 is 4.72 Å². The minimum atomic E-state index is -3.55. The molecule has 0 aliphatic heterocycles. The summed E-state index contributed by atoms with van der Waals surface area (Å²) in [6.07, 6.45) is 4.15. The second-order valence-electron chi connectivity index (χ2n) is 4.95. The van der Waals surface area contributed by atoms with Crippen LogP contribution in [0.1, 0.15) is 24.8 Å². The number of hydrogen-bond acceptors (Lipinski definition) is 4. The average molecular weight is 284 g/mol. The lowest BCUT2D eigenvalue weighted by molar-refractivity contribution is -0.138. The molecule has 19 heavy (non-hydrogen) atoms. The third-order valence-corrected chi connectivity index (χ3v) is 4.67. The monoisotopic (exact) mass is 284 g/mol. The lowest BCUT2D eigenvalue weighted by atomic mass is 9.79. The molecular weight excluding hydrogens is 268 g/mol. The smallest absolute Gasteiger partial charge is 0.303 e. The van der Waals surface area contributed by atoms with Crippen LogP contribution >= 0.6 is 0 Å². The quantitative estimate of drug-likeness (QED) is 0.838. The molecular formula is C12H16N2O4S. The van der Waals surface area contributed by atoms with Crippen LogP contribution in [0.15, 0.2) is 23.4 Å². The Morgan fingerprint density at radius 1 is 1.47 bits per heavy atom. The third-order valence-electron chi connectivity index (χ3n) is 3.18. The van der Waals surface area contributed by atoms with Crippen molar-refractivity contribution in [2.75, 3.05) is 0 Å². The van der Waals surface area contributed by atoms with Gasteiger partial charge in [-0.3, -0.25) is 9.78 Å². The topological polar surface area (TPSA) is 96.4 Å². The van der Waals surface area contributed by atoms with E-state index in [1.54, 1.807) is 19.2 Å². The lowest BCUT2D eigenvalue weighted by Crippen LogP contribution is -2.44. The second kappa shape index (κ2) is 5.26. The number of aliphatic carboxylic acids is 1. The normalized spacial score (nSPS) is 22.8. The van der Waals surface area contributed by atoms with Crippen molar-refractivity contribution in [3.63, 3.8) is 0 Å². The number of nitrogens with zero attached hydrogens (tertiary/aromatic N) is 1. The van der Waals surface area contributed by atoms with Gasteiger partial charge in [0.2, 0.25) is 10.0 Å². The molecule has 0 unspecified atom stereocenters. The largest absolute Gasteiger partial charge is 0.481 e. The maximum atomic E-state index is 12.0. The summed E-state index contributed by atoms with van der Waals surface area (Å²) in [6.45, 7) is 1.78. The first-order valence-corrected chi connectivity index (χ1v) is 7.51. The molecule has 1 heterocycles.